The fourth-order valence-corrected chi connectivity index (χ4v) is 3.74. The molecule has 7 heteroatoms. The third kappa shape index (κ3) is 4.06. The molecule has 6 nitrogen and oxygen atoms in total. The van der Waals surface area contributed by atoms with E-state index in [0.717, 1.165) is 11.1 Å². The quantitative estimate of drug-likeness (QED) is 0.795. The van der Waals surface area contributed by atoms with Crippen LogP contribution in [-0.4, -0.2) is 45.3 Å². The van der Waals surface area contributed by atoms with Gasteiger partial charge in [0.05, 0.1) is 11.4 Å². The minimum atomic E-state index is -3.54. The van der Waals surface area contributed by atoms with Gasteiger partial charge < -0.3 is 10.6 Å². The Kier molecular flexibility index (Phi) is 6.52. The normalized spacial score (nSPS) is 11.7. The zero-order valence-corrected chi connectivity index (χ0v) is 14.7. The third-order valence-corrected chi connectivity index (χ3v) is 5.62. The first-order valence-electron chi connectivity index (χ1n) is 7.33. The molecule has 22 heavy (non-hydrogen) atoms. The molecule has 0 fully saturated rings. The van der Waals surface area contributed by atoms with Crippen molar-refractivity contribution < 1.29 is 13.2 Å². The molecule has 1 aromatic carbocycles. The monoisotopic (exact) mass is 327 g/mol. The summed E-state index contributed by atoms with van der Waals surface area (Å²) < 4.78 is 26.6. The second kappa shape index (κ2) is 7.71. The molecule has 0 radical (unpaired) electrons. The molecule has 0 aliphatic carbocycles. The highest BCUT2D eigenvalue weighted by Gasteiger charge is 2.23. The number of rotatable bonds is 7. The van der Waals surface area contributed by atoms with Gasteiger partial charge in [-0.15, -0.1) is 0 Å². The summed E-state index contributed by atoms with van der Waals surface area (Å²) >= 11 is 0. The molecule has 2 N–H and O–H groups in total. The maximum atomic E-state index is 12.6. The number of sulfonamides is 1. The highest BCUT2D eigenvalue weighted by molar-refractivity contribution is 7.89. The lowest BCUT2D eigenvalue weighted by molar-refractivity contribution is -0.115. The standard InChI is InChI=1S/C15H25N3O3S/c1-6-18(7-2)22(20,21)13-8-11(3)12(4)14(9-13)17-15(19)10-16-5/h8-9,16H,6-7,10H2,1-5H3,(H,17,19). The van der Waals surface area contributed by atoms with Crippen LogP contribution >= 0.6 is 0 Å². The number of anilines is 1. The summed E-state index contributed by atoms with van der Waals surface area (Å²) in [6, 6.07) is 3.18. The summed E-state index contributed by atoms with van der Waals surface area (Å²) in [7, 11) is -1.87. The summed E-state index contributed by atoms with van der Waals surface area (Å²) in [4.78, 5) is 12.0. The van der Waals surface area contributed by atoms with E-state index in [1.807, 2.05) is 13.8 Å². The molecular formula is C15H25N3O3S. The van der Waals surface area contributed by atoms with Gasteiger partial charge in [0.2, 0.25) is 15.9 Å². The van der Waals surface area contributed by atoms with Gasteiger partial charge in [0.1, 0.15) is 0 Å². The second-order valence-corrected chi connectivity index (χ2v) is 7.02. The molecule has 0 saturated carbocycles. The third-order valence-electron chi connectivity index (χ3n) is 3.60. The fourth-order valence-electron chi connectivity index (χ4n) is 2.17. The molecule has 0 aliphatic rings. The molecule has 0 aromatic heterocycles. The van der Waals surface area contributed by atoms with Crippen LogP contribution in [0.25, 0.3) is 0 Å². The SMILES string of the molecule is CCN(CC)S(=O)(=O)c1cc(C)c(C)c(NC(=O)CNC)c1. The topological polar surface area (TPSA) is 78.5 Å². The van der Waals surface area contributed by atoms with Gasteiger partial charge in [-0.2, -0.15) is 4.31 Å². The van der Waals surface area contributed by atoms with Gasteiger partial charge in [-0.25, -0.2) is 8.42 Å². The number of likely N-dealkylation sites (N-methyl/N-ethyl adjacent to an activating group) is 1. The summed E-state index contributed by atoms with van der Waals surface area (Å²) in [5.41, 5.74) is 2.22. The second-order valence-electron chi connectivity index (χ2n) is 5.08. The Labute approximate surface area is 132 Å². The first-order chi connectivity index (χ1) is 10.3. The van der Waals surface area contributed by atoms with Crippen molar-refractivity contribution in [1.82, 2.24) is 9.62 Å². The van der Waals surface area contributed by atoms with Crippen molar-refractivity contribution >= 4 is 21.6 Å². The summed E-state index contributed by atoms with van der Waals surface area (Å²) in [6.45, 7) is 8.30. The zero-order chi connectivity index (χ0) is 16.9. The summed E-state index contributed by atoms with van der Waals surface area (Å²) in [5, 5.41) is 5.52. The van der Waals surface area contributed by atoms with Gasteiger partial charge in [0.15, 0.2) is 0 Å². The number of nitrogens with one attached hydrogen (secondary N) is 2. The van der Waals surface area contributed by atoms with Crippen LogP contribution in [0.2, 0.25) is 0 Å². The van der Waals surface area contributed by atoms with Gasteiger partial charge >= 0.3 is 0 Å². The van der Waals surface area contributed by atoms with Crippen LogP contribution in [0.3, 0.4) is 0 Å². The van der Waals surface area contributed by atoms with E-state index in [2.05, 4.69) is 10.6 Å². The van der Waals surface area contributed by atoms with E-state index in [4.69, 9.17) is 0 Å². The number of aryl methyl sites for hydroxylation is 1. The van der Waals surface area contributed by atoms with Crippen LogP contribution in [-0.2, 0) is 14.8 Å². The van der Waals surface area contributed by atoms with Crippen LogP contribution in [0, 0.1) is 13.8 Å². The number of benzene rings is 1. The maximum Gasteiger partial charge on any atom is 0.243 e. The number of hydrogen-bond donors (Lipinski definition) is 2. The lowest BCUT2D eigenvalue weighted by Crippen LogP contribution is -2.31. The van der Waals surface area contributed by atoms with Crippen LogP contribution in [0.4, 0.5) is 5.69 Å². The summed E-state index contributed by atoms with van der Waals surface area (Å²) in [5.74, 6) is -0.206. The number of carbonyl (C=O) groups excluding carboxylic acids is 1. The van der Waals surface area contributed by atoms with Crippen molar-refractivity contribution in [2.24, 2.45) is 0 Å². The Morgan fingerprint density at radius 3 is 2.27 bits per heavy atom. The van der Waals surface area contributed by atoms with E-state index in [1.54, 1.807) is 27.0 Å². The fraction of sp³-hybridized carbons (Fsp3) is 0.533. The molecule has 1 amide bonds. The maximum absolute atomic E-state index is 12.6. The van der Waals surface area contributed by atoms with Gasteiger partial charge in [-0.05, 0) is 44.2 Å². The molecule has 0 atom stereocenters. The van der Waals surface area contributed by atoms with Crippen molar-refractivity contribution in [3.8, 4) is 0 Å². The molecule has 0 spiro atoms. The van der Waals surface area contributed by atoms with E-state index in [1.165, 1.54) is 10.4 Å². The first-order valence-corrected chi connectivity index (χ1v) is 8.77. The minimum absolute atomic E-state index is 0.172. The number of amides is 1. The minimum Gasteiger partial charge on any atom is -0.325 e. The predicted octanol–water partition coefficient (Wildman–Crippen LogP) is 1.49. The molecule has 1 rings (SSSR count). The molecule has 0 bridgehead atoms. The molecule has 0 saturated heterocycles. The molecule has 0 unspecified atom stereocenters. The summed E-state index contributed by atoms with van der Waals surface area (Å²) in [6.07, 6.45) is 0. The zero-order valence-electron chi connectivity index (χ0n) is 13.9. The van der Waals surface area contributed by atoms with Crippen LogP contribution in [0.5, 0.6) is 0 Å². The first kappa shape index (κ1) is 18.6. The number of hydrogen-bond acceptors (Lipinski definition) is 4. The Morgan fingerprint density at radius 1 is 1.18 bits per heavy atom. The van der Waals surface area contributed by atoms with Crippen LogP contribution in [0.1, 0.15) is 25.0 Å². The molecule has 124 valence electrons. The average molecular weight is 327 g/mol. The van der Waals surface area contributed by atoms with Crippen LogP contribution < -0.4 is 10.6 Å². The van der Waals surface area contributed by atoms with Crippen molar-refractivity contribution in [3.63, 3.8) is 0 Å². The average Bonchev–Trinajstić information content (AvgIpc) is 2.44. The smallest absolute Gasteiger partial charge is 0.243 e. The van der Waals surface area contributed by atoms with Crippen molar-refractivity contribution in [2.45, 2.75) is 32.6 Å². The van der Waals surface area contributed by atoms with E-state index < -0.39 is 10.0 Å². The lowest BCUT2D eigenvalue weighted by atomic mass is 10.1. The van der Waals surface area contributed by atoms with Gasteiger partial charge in [-0.1, -0.05) is 13.8 Å². The number of carbonyl (C=O) groups is 1. The van der Waals surface area contributed by atoms with E-state index in [-0.39, 0.29) is 17.3 Å². The molecule has 1 aromatic rings. The Balaban J connectivity index is 3.29. The predicted molar refractivity (Wildman–Crippen MR) is 88.6 cm³/mol. The molecule has 0 heterocycles. The Hall–Kier alpha value is -1.44. The van der Waals surface area contributed by atoms with E-state index >= 15 is 0 Å². The van der Waals surface area contributed by atoms with E-state index in [9.17, 15) is 13.2 Å². The van der Waals surface area contributed by atoms with Crippen molar-refractivity contribution in [1.29, 1.82) is 0 Å². The van der Waals surface area contributed by atoms with Crippen LogP contribution in [0.15, 0.2) is 17.0 Å². The van der Waals surface area contributed by atoms with E-state index in [0.29, 0.717) is 18.8 Å². The Morgan fingerprint density at radius 2 is 1.77 bits per heavy atom. The number of nitrogens with zero attached hydrogens (tertiary/aromatic N) is 1. The highest BCUT2D eigenvalue weighted by atomic mass is 32.2. The van der Waals surface area contributed by atoms with Crippen molar-refractivity contribution in [2.75, 3.05) is 32.0 Å². The lowest BCUT2D eigenvalue weighted by Gasteiger charge is -2.20. The molecule has 0 aliphatic heterocycles. The van der Waals surface area contributed by atoms with Crippen molar-refractivity contribution in [3.05, 3.63) is 23.3 Å². The molecular weight excluding hydrogens is 302 g/mol. The van der Waals surface area contributed by atoms with Gasteiger partial charge in [0.25, 0.3) is 0 Å². The van der Waals surface area contributed by atoms with Gasteiger partial charge in [-0.3, -0.25) is 4.79 Å². The largest absolute Gasteiger partial charge is 0.325 e. The highest BCUT2D eigenvalue weighted by Crippen LogP contribution is 2.26. The Bertz CT molecular complexity index is 638. The van der Waals surface area contributed by atoms with Gasteiger partial charge in [0, 0.05) is 18.8 Å².